The maximum Gasteiger partial charge on any atom is 0.255 e. The molecule has 0 saturated heterocycles. The van der Waals surface area contributed by atoms with Crippen LogP contribution in [0.4, 0.5) is 5.69 Å². The van der Waals surface area contributed by atoms with Crippen LogP contribution in [0.15, 0.2) is 40.9 Å². The molecular weight excluding hydrogens is 326 g/mol. The van der Waals surface area contributed by atoms with Gasteiger partial charge in [0, 0.05) is 20.7 Å². The number of carbonyl (C=O) groups excluding carboxylic acids is 1. The largest absolute Gasteiger partial charge is 0.322 e. The number of carbonyl (C=O) groups is 1. The summed E-state index contributed by atoms with van der Waals surface area (Å²) in [5.41, 5.74) is 3.29. The fourth-order valence-corrected chi connectivity index (χ4v) is 2.41. The molecule has 4 heteroatoms. The molecule has 0 aliphatic carbocycles. The van der Waals surface area contributed by atoms with Crippen LogP contribution >= 0.6 is 27.5 Å². The van der Waals surface area contributed by atoms with Crippen LogP contribution in [0.3, 0.4) is 0 Å². The summed E-state index contributed by atoms with van der Waals surface area (Å²) in [7, 11) is 0. The van der Waals surface area contributed by atoms with E-state index in [9.17, 15) is 4.79 Å². The first-order valence-corrected chi connectivity index (χ1v) is 6.99. The van der Waals surface area contributed by atoms with Gasteiger partial charge in [0.25, 0.3) is 5.91 Å². The van der Waals surface area contributed by atoms with Gasteiger partial charge in [-0.25, -0.2) is 0 Å². The second-order valence-corrected chi connectivity index (χ2v) is 5.62. The minimum Gasteiger partial charge on any atom is -0.322 e. The van der Waals surface area contributed by atoms with Crippen LogP contribution < -0.4 is 5.32 Å². The van der Waals surface area contributed by atoms with Gasteiger partial charge >= 0.3 is 0 Å². The van der Waals surface area contributed by atoms with E-state index in [-0.39, 0.29) is 5.91 Å². The maximum atomic E-state index is 12.2. The zero-order valence-corrected chi connectivity index (χ0v) is 13.0. The number of hydrogen-bond acceptors (Lipinski definition) is 1. The highest BCUT2D eigenvalue weighted by molar-refractivity contribution is 9.10. The van der Waals surface area contributed by atoms with E-state index in [0.717, 1.165) is 21.3 Å². The van der Waals surface area contributed by atoms with E-state index < -0.39 is 0 Å². The van der Waals surface area contributed by atoms with E-state index >= 15 is 0 Å². The fourth-order valence-electron chi connectivity index (χ4n) is 1.81. The first-order chi connectivity index (χ1) is 8.99. The first-order valence-electron chi connectivity index (χ1n) is 5.81. The summed E-state index contributed by atoms with van der Waals surface area (Å²) < 4.78 is 0.970. The molecule has 0 aliphatic heterocycles. The Morgan fingerprint density at radius 3 is 2.63 bits per heavy atom. The molecule has 0 atom stereocenters. The summed E-state index contributed by atoms with van der Waals surface area (Å²) in [5, 5.41) is 3.55. The molecule has 0 aromatic heterocycles. The summed E-state index contributed by atoms with van der Waals surface area (Å²) in [5.74, 6) is -0.129. The Hall–Kier alpha value is -1.32. The highest BCUT2D eigenvalue weighted by Crippen LogP contribution is 2.24. The Morgan fingerprint density at radius 2 is 1.95 bits per heavy atom. The van der Waals surface area contributed by atoms with Crippen molar-refractivity contribution in [1.82, 2.24) is 0 Å². The lowest BCUT2D eigenvalue weighted by Gasteiger charge is -2.11. The molecule has 0 spiro atoms. The van der Waals surface area contributed by atoms with Crippen molar-refractivity contribution in [3.8, 4) is 0 Å². The lowest BCUT2D eigenvalue weighted by molar-refractivity contribution is 0.102. The van der Waals surface area contributed by atoms with E-state index in [1.54, 1.807) is 18.2 Å². The van der Waals surface area contributed by atoms with Gasteiger partial charge in [-0.1, -0.05) is 33.6 Å². The lowest BCUT2D eigenvalue weighted by Crippen LogP contribution is -2.14. The smallest absolute Gasteiger partial charge is 0.255 e. The molecular formula is C15H13BrClNO. The van der Waals surface area contributed by atoms with Gasteiger partial charge in [-0.3, -0.25) is 4.79 Å². The monoisotopic (exact) mass is 337 g/mol. The van der Waals surface area contributed by atoms with Crippen molar-refractivity contribution in [3.63, 3.8) is 0 Å². The number of halogens is 2. The summed E-state index contributed by atoms with van der Waals surface area (Å²) >= 11 is 9.34. The van der Waals surface area contributed by atoms with Crippen LogP contribution in [0, 0.1) is 13.8 Å². The van der Waals surface area contributed by atoms with Crippen molar-refractivity contribution in [2.24, 2.45) is 0 Å². The molecule has 19 heavy (non-hydrogen) atoms. The van der Waals surface area contributed by atoms with Crippen LogP contribution in [0.5, 0.6) is 0 Å². The minimum absolute atomic E-state index is 0.129. The van der Waals surface area contributed by atoms with E-state index in [1.807, 2.05) is 32.0 Å². The summed E-state index contributed by atoms with van der Waals surface area (Å²) in [6.07, 6.45) is 0. The SMILES string of the molecule is Cc1cc(Cl)ccc1C(=O)Nc1cccc(Br)c1C. The number of hydrogen-bond donors (Lipinski definition) is 1. The van der Waals surface area contributed by atoms with Crippen molar-refractivity contribution >= 4 is 39.1 Å². The molecule has 0 fully saturated rings. The zero-order chi connectivity index (χ0) is 14.0. The molecule has 2 aromatic carbocycles. The van der Waals surface area contributed by atoms with Crippen molar-refractivity contribution in [1.29, 1.82) is 0 Å². The van der Waals surface area contributed by atoms with Crippen molar-refractivity contribution in [3.05, 3.63) is 62.6 Å². The van der Waals surface area contributed by atoms with Crippen molar-refractivity contribution < 1.29 is 4.79 Å². The number of anilines is 1. The second kappa shape index (κ2) is 5.76. The third kappa shape index (κ3) is 3.17. The van der Waals surface area contributed by atoms with E-state index in [1.165, 1.54) is 0 Å². The normalized spacial score (nSPS) is 10.3. The zero-order valence-electron chi connectivity index (χ0n) is 10.6. The number of rotatable bonds is 2. The summed E-state index contributed by atoms with van der Waals surface area (Å²) in [6, 6.07) is 10.9. The standard InChI is InChI=1S/C15H13BrClNO/c1-9-8-11(17)6-7-12(9)15(19)18-14-5-3-4-13(16)10(14)2/h3-8H,1-2H3,(H,18,19). The molecule has 2 rings (SSSR count). The maximum absolute atomic E-state index is 12.2. The molecule has 0 bridgehead atoms. The van der Waals surface area contributed by atoms with Crippen LogP contribution in [0.1, 0.15) is 21.5 Å². The predicted molar refractivity (Wildman–Crippen MR) is 83.0 cm³/mol. The Kier molecular flexibility index (Phi) is 4.27. The average molecular weight is 339 g/mol. The highest BCUT2D eigenvalue weighted by Gasteiger charge is 2.11. The van der Waals surface area contributed by atoms with E-state index in [4.69, 9.17) is 11.6 Å². The van der Waals surface area contributed by atoms with Crippen LogP contribution in [-0.4, -0.2) is 5.91 Å². The average Bonchev–Trinajstić information content (AvgIpc) is 2.34. The van der Waals surface area contributed by atoms with Crippen molar-refractivity contribution in [2.45, 2.75) is 13.8 Å². The van der Waals surface area contributed by atoms with E-state index in [2.05, 4.69) is 21.2 Å². The molecule has 98 valence electrons. The molecule has 2 aromatic rings. The molecule has 0 saturated carbocycles. The Morgan fingerprint density at radius 1 is 1.21 bits per heavy atom. The highest BCUT2D eigenvalue weighted by atomic mass is 79.9. The summed E-state index contributed by atoms with van der Waals surface area (Å²) in [6.45, 7) is 3.82. The topological polar surface area (TPSA) is 29.1 Å². The van der Waals surface area contributed by atoms with Gasteiger partial charge in [-0.2, -0.15) is 0 Å². The summed E-state index contributed by atoms with van der Waals surface area (Å²) in [4.78, 5) is 12.2. The third-order valence-corrected chi connectivity index (χ3v) is 4.04. The number of nitrogens with one attached hydrogen (secondary N) is 1. The van der Waals surface area contributed by atoms with Gasteiger partial charge in [0.05, 0.1) is 0 Å². The minimum atomic E-state index is -0.129. The molecule has 0 heterocycles. The molecule has 2 nitrogen and oxygen atoms in total. The molecule has 1 amide bonds. The molecule has 0 aliphatic rings. The van der Waals surface area contributed by atoms with Crippen molar-refractivity contribution in [2.75, 3.05) is 5.32 Å². The Labute approximate surface area is 125 Å². The second-order valence-electron chi connectivity index (χ2n) is 4.33. The van der Waals surface area contributed by atoms with E-state index in [0.29, 0.717) is 10.6 Å². The van der Waals surface area contributed by atoms with Crippen LogP contribution in [-0.2, 0) is 0 Å². The lowest BCUT2D eigenvalue weighted by atomic mass is 10.1. The third-order valence-electron chi connectivity index (χ3n) is 2.95. The number of aryl methyl sites for hydroxylation is 1. The van der Waals surface area contributed by atoms with Crippen LogP contribution in [0.25, 0.3) is 0 Å². The number of amides is 1. The van der Waals surface area contributed by atoms with Gasteiger partial charge in [0.1, 0.15) is 0 Å². The van der Waals surface area contributed by atoms with Gasteiger partial charge in [0.15, 0.2) is 0 Å². The Balaban J connectivity index is 2.28. The van der Waals surface area contributed by atoms with Gasteiger partial charge < -0.3 is 5.32 Å². The number of benzene rings is 2. The molecule has 0 unspecified atom stereocenters. The molecule has 1 N–H and O–H groups in total. The van der Waals surface area contributed by atoms with Crippen LogP contribution in [0.2, 0.25) is 5.02 Å². The predicted octanol–water partition coefficient (Wildman–Crippen LogP) is 4.97. The fraction of sp³-hybridized carbons (Fsp3) is 0.133. The van der Waals surface area contributed by atoms with Gasteiger partial charge in [-0.05, 0) is 55.3 Å². The first kappa shape index (κ1) is 14.1. The Bertz CT molecular complexity index is 640. The molecule has 0 radical (unpaired) electrons. The van der Waals surface area contributed by atoms with Gasteiger partial charge in [0.2, 0.25) is 0 Å². The van der Waals surface area contributed by atoms with Gasteiger partial charge in [-0.15, -0.1) is 0 Å². The quantitative estimate of drug-likeness (QED) is 0.823.